The molecule has 0 atom stereocenters. The first-order valence-corrected chi connectivity index (χ1v) is 7.62. The second-order valence-electron chi connectivity index (χ2n) is 4.06. The molecule has 104 valence electrons. The van der Waals surface area contributed by atoms with Gasteiger partial charge in [-0.1, -0.05) is 12.2 Å². The highest BCUT2D eigenvalue weighted by Gasteiger charge is 2.18. The monoisotopic (exact) mass is 283 g/mol. The van der Waals surface area contributed by atoms with Gasteiger partial charge in [-0.15, -0.1) is 0 Å². The van der Waals surface area contributed by atoms with Crippen LogP contribution in [0.1, 0.15) is 13.3 Å². The second kappa shape index (κ2) is 6.08. The lowest BCUT2D eigenvalue weighted by Gasteiger charge is -2.18. The van der Waals surface area contributed by atoms with Gasteiger partial charge in [0.25, 0.3) is 0 Å². The van der Waals surface area contributed by atoms with Gasteiger partial charge in [-0.25, -0.2) is 13.1 Å². The molecule has 0 radical (unpaired) electrons. The van der Waals surface area contributed by atoms with Gasteiger partial charge >= 0.3 is 0 Å². The van der Waals surface area contributed by atoms with E-state index in [9.17, 15) is 8.42 Å². The summed E-state index contributed by atoms with van der Waals surface area (Å²) in [5, 5.41) is 0. The molecule has 6 heteroatoms. The Kier molecular flexibility index (Phi) is 4.44. The van der Waals surface area contributed by atoms with E-state index < -0.39 is 10.0 Å². The van der Waals surface area contributed by atoms with Crippen LogP contribution in [-0.2, 0) is 10.0 Å². The molecule has 0 saturated heterocycles. The topological polar surface area (TPSA) is 64.6 Å². The zero-order valence-electron chi connectivity index (χ0n) is 10.8. The van der Waals surface area contributed by atoms with Gasteiger partial charge in [-0.05, 0) is 25.5 Å². The van der Waals surface area contributed by atoms with Crippen molar-refractivity contribution in [3.63, 3.8) is 0 Å². The standard InChI is InChI=1S/C13H17NO4S/c1-2-3-4-7-14-19(15,16)11-5-6-12-13(10-11)18-9-8-17-12/h2-3,5-6,10,14H,4,7-9H2,1H3/b3-2+. The molecule has 1 aromatic rings. The van der Waals surface area contributed by atoms with Gasteiger partial charge in [0.05, 0.1) is 4.90 Å². The van der Waals surface area contributed by atoms with Crippen molar-refractivity contribution in [2.24, 2.45) is 0 Å². The van der Waals surface area contributed by atoms with Crippen LogP contribution in [0.4, 0.5) is 0 Å². The second-order valence-corrected chi connectivity index (χ2v) is 5.83. The number of ether oxygens (including phenoxy) is 2. The first-order chi connectivity index (χ1) is 9.13. The fraction of sp³-hybridized carbons (Fsp3) is 0.385. The number of hydrogen-bond acceptors (Lipinski definition) is 4. The summed E-state index contributed by atoms with van der Waals surface area (Å²) in [6.45, 7) is 3.20. The molecule has 1 aromatic carbocycles. The van der Waals surface area contributed by atoms with Crippen LogP contribution in [0, 0.1) is 0 Å². The Labute approximate surface area is 113 Å². The Morgan fingerprint density at radius 2 is 2.00 bits per heavy atom. The molecule has 1 N–H and O–H groups in total. The van der Waals surface area contributed by atoms with Crippen molar-refractivity contribution in [3.8, 4) is 11.5 Å². The lowest BCUT2D eigenvalue weighted by molar-refractivity contribution is 0.171. The van der Waals surface area contributed by atoms with E-state index in [0.29, 0.717) is 37.7 Å². The normalized spacial score (nSPS) is 14.8. The number of allylic oxidation sites excluding steroid dienone is 1. The third-order valence-corrected chi connectivity index (χ3v) is 4.12. The number of fused-ring (bicyclic) bond motifs is 1. The summed E-state index contributed by atoms with van der Waals surface area (Å²) < 4.78 is 37.4. The van der Waals surface area contributed by atoms with Crippen molar-refractivity contribution in [3.05, 3.63) is 30.4 Å². The van der Waals surface area contributed by atoms with Gasteiger partial charge in [-0.2, -0.15) is 0 Å². The molecule has 0 saturated carbocycles. The van der Waals surface area contributed by atoms with Gasteiger partial charge < -0.3 is 9.47 Å². The summed E-state index contributed by atoms with van der Waals surface area (Å²) >= 11 is 0. The third-order valence-electron chi connectivity index (χ3n) is 2.66. The fourth-order valence-electron chi connectivity index (χ4n) is 1.72. The number of nitrogens with one attached hydrogen (secondary N) is 1. The molecular weight excluding hydrogens is 266 g/mol. The van der Waals surface area contributed by atoms with Crippen molar-refractivity contribution >= 4 is 10.0 Å². The van der Waals surface area contributed by atoms with Crippen molar-refractivity contribution < 1.29 is 17.9 Å². The predicted octanol–water partition coefficient (Wildman–Crippen LogP) is 1.70. The molecule has 0 amide bonds. The van der Waals surface area contributed by atoms with Crippen molar-refractivity contribution in [2.45, 2.75) is 18.2 Å². The largest absolute Gasteiger partial charge is 0.486 e. The van der Waals surface area contributed by atoms with Crippen LogP contribution < -0.4 is 14.2 Å². The number of sulfonamides is 1. The molecular formula is C13H17NO4S. The Balaban J connectivity index is 2.11. The molecule has 0 spiro atoms. The van der Waals surface area contributed by atoms with Crippen molar-refractivity contribution in [1.29, 1.82) is 0 Å². The molecule has 0 fully saturated rings. The average molecular weight is 283 g/mol. The van der Waals surface area contributed by atoms with Gasteiger partial charge in [0.1, 0.15) is 13.2 Å². The highest BCUT2D eigenvalue weighted by Crippen LogP contribution is 2.32. The summed E-state index contributed by atoms with van der Waals surface area (Å²) in [5.74, 6) is 1.06. The molecule has 1 heterocycles. The zero-order chi connectivity index (χ0) is 13.7. The highest BCUT2D eigenvalue weighted by molar-refractivity contribution is 7.89. The Hall–Kier alpha value is -1.53. The number of benzene rings is 1. The van der Waals surface area contributed by atoms with Crippen LogP contribution in [0.3, 0.4) is 0 Å². The van der Waals surface area contributed by atoms with E-state index in [1.165, 1.54) is 12.1 Å². The Morgan fingerprint density at radius 3 is 2.74 bits per heavy atom. The first kappa shape index (κ1) is 13.9. The smallest absolute Gasteiger partial charge is 0.240 e. The summed E-state index contributed by atoms with van der Waals surface area (Å²) in [7, 11) is -3.49. The summed E-state index contributed by atoms with van der Waals surface area (Å²) in [6, 6.07) is 4.63. The van der Waals surface area contributed by atoms with Gasteiger partial charge in [0, 0.05) is 12.6 Å². The summed E-state index contributed by atoms with van der Waals surface area (Å²) in [6.07, 6.45) is 4.46. The molecule has 1 aliphatic rings. The maximum absolute atomic E-state index is 12.0. The average Bonchev–Trinajstić information content (AvgIpc) is 2.43. The fourth-order valence-corrected chi connectivity index (χ4v) is 2.78. The Morgan fingerprint density at radius 1 is 1.26 bits per heavy atom. The predicted molar refractivity (Wildman–Crippen MR) is 72.1 cm³/mol. The molecule has 0 unspecified atom stereocenters. The molecule has 1 aliphatic heterocycles. The van der Waals surface area contributed by atoms with Crippen molar-refractivity contribution in [2.75, 3.05) is 19.8 Å². The van der Waals surface area contributed by atoms with Crippen LogP contribution in [0.15, 0.2) is 35.2 Å². The SMILES string of the molecule is C/C=C/CCNS(=O)(=O)c1ccc2c(c1)OCCO2. The summed E-state index contributed by atoms with van der Waals surface area (Å²) in [4.78, 5) is 0.192. The van der Waals surface area contributed by atoms with E-state index in [1.54, 1.807) is 6.07 Å². The summed E-state index contributed by atoms with van der Waals surface area (Å²) in [5.41, 5.74) is 0. The number of hydrogen-bond donors (Lipinski definition) is 1. The molecule has 0 bridgehead atoms. The molecule has 0 aliphatic carbocycles. The van der Waals surface area contributed by atoms with Crippen LogP contribution in [0.5, 0.6) is 11.5 Å². The molecule has 5 nitrogen and oxygen atoms in total. The minimum atomic E-state index is -3.49. The maximum Gasteiger partial charge on any atom is 0.240 e. The van der Waals surface area contributed by atoms with E-state index in [1.807, 2.05) is 19.1 Å². The van der Waals surface area contributed by atoms with E-state index in [0.717, 1.165) is 0 Å². The van der Waals surface area contributed by atoms with Gasteiger partial charge in [0.15, 0.2) is 11.5 Å². The number of rotatable bonds is 5. The molecule has 0 aromatic heterocycles. The molecule has 2 rings (SSSR count). The maximum atomic E-state index is 12.0. The quantitative estimate of drug-likeness (QED) is 0.660. The van der Waals surface area contributed by atoms with Gasteiger partial charge in [0.2, 0.25) is 10.0 Å². The van der Waals surface area contributed by atoms with Crippen LogP contribution in [0.25, 0.3) is 0 Å². The molecule has 19 heavy (non-hydrogen) atoms. The van der Waals surface area contributed by atoms with E-state index in [2.05, 4.69) is 4.72 Å². The van der Waals surface area contributed by atoms with E-state index >= 15 is 0 Å². The van der Waals surface area contributed by atoms with Crippen LogP contribution in [0.2, 0.25) is 0 Å². The zero-order valence-corrected chi connectivity index (χ0v) is 11.6. The lowest BCUT2D eigenvalue weighted by Crippen LogP contribution is -2.25. The van der Waals surface area contributed by atoms with E-state index in [4.69, 9.17) is 9.47 Å². The van der Waals surface area contributed by atoms with Crippen LogP contribution in [-0.4, -0.2) is 28.2 Å². The third kappa shape index (κ3) is 3.48. The van der Waals surface area contributed by atoms with E-state index in [-0.39, 0.29) is 4.90 Å². The first-order valence-electron chi connectivity index (χ1n) is 6.14. The van der Waals surface area contributed by atoms with Crippen LogP contribution >= 0.6 is 0 Å². The minimum Gasteiger partial charge on any atom is -0.486 e. The van der Waals surface area contributed by atoms with Gasteiger partial charge in [-0.3, -0.25) is 0 Å². The highest BCUT2D eigenvalue weighted by atomic mass is 32.2. The minimum absolute atomic E-state index is 0.192. The van der Waals surface area contributed by atoms with Crippen molar-refractivity contribution in [1.82, 2.24) is 4.72 Å². The lowest BCUT2D eigenvalue weighted by atomic mass is 10.3. The Bertz CT molecular complexity index is 566.